The van der Waals surface area contributed by atoms with Crippen LogP contribution >= 0.6 is 22.7 Å². The van der Waals surface area contributed by atoms with Gasteiger partial charge >= 0.3 is 0 Å². The Morgan fingerprint density at radius 1 is 1.36 bits per heavy atom. The predicted octanol–water partition coefficient (Wildman–Crippen LogP) is 3.32. The van der Waals surface area contributed by atoms with Crippen molar-refractivity contribution in [2.45, 2.75) is 0 Å². The highest BCUT2D eigenvalue weighted by Crippen LogP contribution is 2.32. The Labute approximate surface area is 87.8 Å². The van der Waals surface area contributed by atoms with E-state index < -0.39 is 0 Å². The molecule has 2 nitrogen and oxygen atoms in total. The van der Waals surface area contributed by atoms with Crippen molar-refractivity contribution in [3.05, 3.63) is 27.9 Å². The lowest BCUT2D eigenvalue weighted by Gasteiger charge is -1.92. The molecule has 0 N–H and O–H groups in total. The Morgan fingerprint density at radius 3 is 3.14 bits per heavy atom. The van der Waals surface area contributed by atoms with Gasteiger partial charge in [-0.1, -0.05) is 0 Å². The van der Waals surface area contributed by atoms with Gasteiger partial charge in [0.25, 0.3) is 0 Å². The van der Waals surface area contributed by atoms with Crippen molar-refractivity contribution in [2.24, 2.45) is 0 Å². The Balaban J connectivity index is 2.64. The molecule has 0 aliphatic heterocycles. The van der Waals surface area contributed by atoms with Crippen molar-refractivity contribution >= 4 is 49.9 Å². The number of pyridine rings is 1. The zero-order valence-electron chi connectivity index (χ0n) is 7.06. The van der Waals surface area contributed by atoms with Gasteiger partial charge in [-0.2, -0.15) is 0 Å². The molecule has 0 atom stereocenters. The first-order valence-electron chi connectivity index (χ1n) is 4.09. The summed E-state index contributed by atoms with van der Waals surface area (Å²) in [4.78, 5) is 15.9. The van der Waals surface area contributed by atoms with Gasteiger partial charge in [-0.15, -0.1) is 22.7 Å². The van der Waals surface area contributed by atoms with Gasteiger partial charge in [-0.3, -0.25) is 9.78 Å². The van der Waals surface area contributed by atoms with Gasteiger partial charge < -0.3 is 0 Å². The van der Waals surface area contributed by atoms with Gasteiger partial charge in [0, 0.05) is 22.3 Å². The molecule has 0 aliphatic carbocycles. The highest BCUT2D eigenvalue weighted by Gasteiger charge is 2.08. The largest absolute Gasteiger partial charge is 0.297 e. The van der Waals surface area contributed by atoms with Crippen LogP contribution in [-0.4, -0.2) is 11.3 Å². The fraction of sp³-hybridized carbons (Fsp3) is 0. The Morgan fingerprint density at radius 2 is 2.29 bits per heavy atom. The third-order valence-electron chi connectivity index (χ3n) is 2.19. The molecule has 0 aromatic carbocycles. The second-order valence-electron chi connectivity index (χ2n) is 2.93. The van der Waals surface area contributed by atoms with Crippen LogP contribution in [0.4, 0.5) is 0 Å². The summed E-state index contributed by atoms with van der Waals surface area (Å²) in [6, 6.07) is 2.05. The Bertz CT molecular complexity index is 623. The number of rotatable bonds is 1. The zero-order chi connectivity index (χ0) is 9.54. The van der Waals surface area contributed by atoms with Crippen molar-refractivity contribution in [1.29, 1.82) is 0 Å². The number of thiophene rings is 2. The molecular formula is C10H5NOS2. The van der Waals surface area contributed by atoms with E-state index in [0.29, 0.717) is 0 Å². The van der Waals surface area contributed by atoms with Gasteiger partial charge in [-0.05, 0) is 11.4 Å². The lowest BCUT2D eigenvalue weighted by Crippen LogP contribution is -1.77. The molecule has 3 rings (SSSR count). The molecular weight excluding hydrogens is 214 g/mol. The standard InChI is InChI=1S/C10H5NOS2/c12-4-9-10-6-1-2-13-8(6)3-11-7(10)5-14-9/h1-5H. The van der Waals surface area contributed by atoms with Crippen LogP contribution in [0.2, 0.25) is 0 Å². The van der Waals surface area contributed by atoms with Crippen LogP contribution in [-0.2, 0) is 0 Å². The first-order valence-corrected chi connectivity index (χ1v) is 5.84. The number of aldehydes is 1. The van der Waals surface area contributed by atoms with E-state index in [1.165, 1.54) is 11.3 Å². The van der Waals surface area contributed by atoms with Crippen molar-refractivity contribution < 1.29 is 4.79 Å². The summed E-state index contributed by atoms with van der Waals surface area (Å²) < 4.78 is 1.14. The van der Waals surface area contributed by atoms with Crippen LogP contribution in [0.25, 0.3) is 21.0 Å². The SMILES string of the molecule is O=Cc1scc2ncc3sccc3c12. The molecule has 4 heteroatoms. The summed E-state index contributed by atoms with van der Waals surface area (Å²) in [6.07, 6.45) is 2.77. The number of nitrogens with zero attached hydrogens (tertiary/aromatic N) is 1. The van der Waals surface area contributed by atoms with Gasteiger partial charge in [0.2, 0.25) is 0 Å². The number of carbonyl (C=O) groups is 1. The first kappa shape index (κ1) is 8.08. The third kappa shape index (κ3) is 0.951. The van der Waals surface area contributed by atoms with E-state index in [1.54, 1.807) is 11.3 Å². The topological polar surface area (TPSA) is 30.0 Å². The average Bonchev–Trinajstić information content (AvgIpc) is 2.82. The maximum Gasteiger partial charge on any atom is 0.160 e. The molecule has 14 heavy (non-hydrogen) atoms. The molecule has 0 saturated carbocycles. The molecule has 0 amide bonds. The molecule has 0 saturated heterocycles. The quantitative estimate of drug-likeness (QED) is 0.588. The average molecular weight is 219 g/mol. The summed E-state index contributed by atoms with van der Waals surface area (Å²) in [5.74, 6) is 0. The Kier molecular flexibility index (Phi) is 1.65. The summed E-state index contributed by atoms with van der Waals surface area (Å²) in [5.41, 5.74) is 0.919. The van der Waals surface area contributed by atoms with E-state index in [-0.39, 0.29) is 0 Å². The third-order valence-corrected chi connectivity index (χ3v) is 3.94. The molecule has 0 unspecified atom stereocenters. The summed E-state index contributed by atoms with van der Waals surface area (Å²) >= 11 is 3.11. The number of carbonyl (C=O) groups excluding carboxylic acids is 1. The maximum absolute atomic E-state index is 10.8. The smallest absolute Gasteiger partial charge is 0.160 e. The van der Waals surface area contributed by atoms with Crippen LogP contribution in [0, 0.1) is 0 Å². The first-order chi connectivity index (χ1) is 6.90. The van der Waals surface area contributed by atoms with E-state index in [1.807, 2.05) is 23.0 Å². The van der Waals surface area contributed by atoms with Crippen LogP contribution in [0.1, 0.15) is 9.67 Å². The predicted molar refractivity (Wildman–Crippen MR) is 60.4 cm³/mol. The molecule has 68 valence electrons. The number of hydrogen-bond donors (Lipinski definition) is 0. The van der Waals surface area contributed by atoms with E-state index in [2.05, 4.69) is 4.98 Å². The van der Waals surface area contributed by atoms with E-state index in [4.69, 9.17) is 0 Å². The highest BCUT2D eigenvalue weighted by atomic mass is 32.1. The second-order valence-corrected chi connectivity index (χ2v) is 4.79. The molecule has 3 aromatic rings. The van der Waals surface area contributed by atoms with Crippen molar-refractivity contribution in [3.63, 3.8) is 0 Å². The monoisotopic (exact) mass is 219 g/mol. The number of hydrogen-bond acceptors (Lipinski definition) is 4. The van der Waals surface area contributed by atoms with Crippen LogP contribution in [0.3, 0.4) is 0 Å². The van der Waals surface area contributed by atoms with Crippen LogP contribution in [0.15, 0.2) is 23.0 Å². The lowest BCUT2D eigenvalue weighted by atomic mass is 10.2. The van der Waals surface area contributed by atoms with E-state index >= 15 is 0 Å². The van der Waals surface area contributed by atoms with Crippen LogP contribution in [0.5, 0.6) is 0 Å². The molecule has 0 spiro atoms. The summed E-state index contributed by atoms with van der Waals surface area (Å²) in [7, 11) is 0. The van der Waals surface area contributed by atoms with Crippen molar-refractivity contribution in [2.75, 3.05) is 0 Å². The molecule has 3 heterocycles. The zero-order valence-corrected chi connectivity index (χ0v) is 8.69. The maximum atomic E-state index is 10.8. The second kappa shape index (κ2) is 2.87. The summed E-state index contributed by atoms with van der Waals surface area (Å²) in [5, 5.41) is 6.10. The van der Waals surface area contributed by atoms with Gasteiger partial charge in [0.05, 0.1) is 15.1 Å². The van der Waals surface area contributed by atoms with E-state index in [0.717, 1.165) is 32.2 Å². The molecule has 3 aromatic heterocycles. The molecule has 0 fully saturated rings. The van der Waals surface area contributed by atoms with Gasteiger partial charge in [0.15, 0.2) is 6.29 Å². The number of aromatic nitrogens is 1. The van der Waals surface area contributed by atoms with Crippen molar-refractivity contribution in [1.82, 2.24) is 4.98 Å². The number of fused-ring (bicyclic) bond motifs is 3. The van der Waals surface area contributed by atoms with Crippen molar-refractivity contribution in [3.8, 4) is 0 Å². The van der Waals surface area contributed by atoms with Gasteiger partial charge in [0.1, 0.15) is 0 Å². The highest BCUT2D eigenvalue weighted by molar-refractivity contribution is 7.17. The minimum Gasteiger partial charge on any atom is -0.297 e. The van der Waals surface area contributed by atoms with Gasteiger partial charge in [-0.25, -0.2) is 0 Å². The van der Waals surface area contributed by atoms with E-state index in [9.17, 15) is 4.79 Å². The summed E-state index contributed by atoms with van der Waals surface area (Å²) in [6.45, 7) is 0. The van der Waals surface area contributed by atoms with Crippen LogP contribution < -0.4 is 0 Å². The molecule has 0 aliphatic rings. The fourth-order valence-electron chi connectivity index (χ4n) is 1.57. The molecule has 0 radical (unpaired) electrons. The Hall–Kier alpha value is -1.26. The normalized spacial score (nSPS) is 11.1. The molecule has 0 bridgehead atoms. The lowest BCUT2D eigenvalue weighted by molar-refractivity contribution is 0.112. The minimum atomic E-state index is 0.775. The fourth-order valence-corrected chi connectivity index (χ4v) is 3.14. The minimum absolute atomic E-state index is 0.775.